The minimum absolute atomic E-state index is 0.625. The van der Waals surface area contributed by atoms with Crippen LogP contribution in [0.3, 0.4) is 0 Å². The number of hydroxylamine groups is 1. The Hall–Kier alpha value is -0.860. The summed E-state index contributed by atoms with van der Waals surface area (Å²) in [5, 5.41) is 7.62. The molecule has 0 unspecified atom stereocenters. The van der Waals surface area contributed by atoms with Gasteiger partial charge in [0.05, 0.1) is 0 Å². The standard InChI is InChI=1S/C9H12.C2H7NO/c1-8(2)9-6-4-3-5-7-9;1-2-3-4/h3-8H,1-2H3;3-4H,2H2,1H3. The quantitative estimate of drug-likeness (QED) is 0.688. The average molecular weight is 181 g/mol. The summed E-state index contributed by atoms with van der Waals surface area (Å²) in [4.78, 5) is 0. The molecule has 0 fully saturated rings. The summed E-state index contributed by atoms with van der Waals surface area (Å²) in [7, 11) is 0. The minimum atomic E-state index is 0.625. The van der Waals surface area contributed by atoms with Crippen LogP contribution in [0.1, 0.15) is 32.3 Å². The number of hydrogen-bond donors (Lipinski definition) is 2. The Kier molecular flexibility index (Phi) is 7.26. The van der Waals surface area contributed by atoms with Gasteiger partial charge < -0.3 is 5.21 Å². The predicted octanol–water partition coefficient (Wildman–Crippen LogP) is 2.80. The zero-order valence-electron chi connectivity index (χ0n) is 8.62. The van der Waals surface area contributed by atoms with Crippen LogP contribution in [0.25, 0.3) is 0 Å². The van der Waals surface area contributed by atoms with Crippen LogP contribution in [0.2, 0.25) is 0 Å². The molecule has 0 saturated heterocycles. The largest absolute Gasteiger partial charge is 0.317 e. The Bertz CT molecular complexity index is 195. The topological polar surface area (TPSA) is 32.3 Å². The molecule has 2 N–H and O–H groups in total. The molecule has 2 heteroatoms. The van der Waals surface area contributed by atoms with Crippen molar-refractivity contribution in [2.45, 2.75) is 26.7 Å². The highest BCUT2D eigenvalue weighted by atomic mass is 16.5. The molecule has 0 aliphatic heterocycles. The number of benzene rings is 1. The SMILES string of the molecule is CC(C)c1ccccc1.CCNO. The third kappa shape index (κ3) is 6.31. The van der Waals surface area contributed by atoms with Gasteiger partial charge in [-0.25, -0.2) is 5.48 Å². The van der Waals surface area contributed by atoms with E-state index in [1.54, 1.807) is 0 Å². The van der Waals surface area contributed by atoms with Crippen LogP contribution in [0, 0.1) is 0 Å². The number of rotatable bonds is 2. The number of hydrogen-bond acceptors (Lipinski definition) is 2. The molecule has 13 heavy (non-hydrogen) atoms. The van der Waals surface area contributed by atoms with Gasteiger partial charge in [-0.1, -0.05) is 51.1 Å². The Balaban J connectivity index is 0.000000310. The lowest BCUT2D eigenvalue weighted by molar-refractivity contribution is 0.173. The molecule has 0 radical (unpaired) electrons. The van der Waals surface area contributed by atoms with Crippen LogP contribution in [0.4, 0.5) is 0 Å². The Morgan fingerprint density at radius 1 is 1.23 bits per heavy atom. The molecule has 0 atom stereocenters. The van der Waals surface area contributed by atoms with Crippen molar-refractivity contribution < 1.29 is 5.21 Å². The van der Waals surface area contributed by atoms with Gasteiger partial charge in [0.2, 0.25) is 0 Å². The summed E-state index contributed by atoms with van der Waals surface area (Å²) in [5.74, 6) is 0.659. The van der Waals surface area contributed by atoms with Gasteiger partial charge in [0.1, 0.15) is 0 Å². The van der Waals surface area contributed by atoms with Gasteiger partial charge >= 0.3 is 0 Å². The fourth-order valence-electron chi connectivity index (χ4n) is 0.838. The normalized spacial score (nSPS) is 9.31. The molecule has 2 nitrogen and oxygen atoms in total. The van der Waals surface area contributed by atoms with E-state index < -0.39 is 0 Å². The van der Waals surface area contributed by atoms with Crippen molar-refractivity contribution in [3.63, 3.8) is 0 Å². The summed E-state index contributed by atoms with van der Waals surface area (Å²) in [6.45, 7) is 6.85. The molecule has 0 saturated carbocycles. The van der Waals surface area contributed by atoms with Crippen molar-refractivity contribution in [2.24, 2.45) is 0 Å². The molecule has 0 aromatic heterocycles. The van der Waals surface area contributed by atoms with Gasteiger partial charge in [-0.3, -0.25) is 0 Å². The van der Waals surface area contributed by atoms with Crippen molar-refractivity contribution >= 4 is 0 Å². The van der Waals surface area contributed by atoms with Crippen molar-refractivity contribution in [3.8, 4) is 0 Å². The second-order valence-corrected chi connectivity index (χ2v) is 3.08. The summed E-state index contributed by atoms with van der Waals surface area (Å²) in [5.41, 5.74) is 3.34. The molecular weight excluding hydrogens is 162 g/mol. The molecule has 0 spiro atoms. The summed E-state index contributed by atoms with van der Waals surface area (Å²) >= 11 is 0. The van der Waals surface area contributed by atoms with Crippen molar-refractivity contribution in [3.05, 3.63) is 35.9 Å². The van der Waals surface area contributed by atoms with Crippen LogP contribution in [0.15, 0.2) is 30.3 Å². The fourth-order valence-corrected chi connectivity index (χ4v) is 0.838. The van der Waals surface area contributed by atoms with E-state index in [1.807, 2.05) is 18.5 Å². The first kappa shape index (κ1) is 12.1. The predicted molar refractivity (Wildman–Crippen MR) is 56.0 cm³/mol. The summed E-state index contributed by atoms with van der Waals surface area (Å²) in [6.07, 6.45) is 0. The Morgan fingerprint density at radius 2 is 1.69 bits per heavy atom. The highest BCUT2D eigenvalue weighted by Gasteiger charge is 1.93. The molecule has 1 aromatic carbocycles. The van der Waals surface area contributed by atoms with Crippen LogP contribution in [-0.2, 0) is 0 Å². The molecule has 0 bridgehead atoms. The molecule has 1 rings (SSSR count). The molecule has 0 amide bonds. The van der Waals surface area contributed by atoms with Crippen molar-refractivity contribution in [1.29, 1.82) is 0 Å². The molecule has 74 valence electrons. The maximum Gasteiger partial charge on any atom is 0.0179 e. The average Bonchev–Trinajstić information content (AvgIpc) is 2.19. The van der Waals surface area contributed by atoms with Crippen molar-refractivity contribution in [2.75, 3.05) is 6.54 Å². The zero-order chi connectivity index (χ0) is 10.1. The number of nitrogens with one attached hydrogen (secondary N) is 1. The smallest absolute Gasteiger partial charge is 0.0179 e. The van der Waals surface area contributed by atoms with E-state index >= 15 is 0 Å². The zero-order valence-corrected chi connectivity index (χ0v) is 8.62. The first-order valence-corrected chi connectivity index (χ1v) is 4.64. The Morgan fingerprint density at radius 3 is 1.92 bits per heavy atom. The monoisotopic (exact) mass is 181 g/mol. The van der Waals surface area contributed by atoms with E-state index in [4.69, 9.17) is 5.21 Å². The lowest BCUT2D eigenvalue weighted by Crippen LogP contribution is -2.02. The minimum Gasteiger partial charge on any atom is -0.317 e. The molecule has 0 heterocycles. The summed E-state index contributed by atoms with van der Waals surface area (Å²) in [6, 6.07) is 10.5. The Labute approximate surface area is 80.6 Å². The highest BCUT2D eigenvalue weighted by molar-refractivity contribution is 5.17. The lowest BCUT2D eigenvalue weighted by atomic mass is 10.0. The van der Waals surface area contributed by atoms with Crippen molar-refractivity contribution in [1.82, 2.24) is 5.48 Å². The van der Waals surface area contributed by atoms with E-state index in [0.717, 1.165) is 0 Å². The van der Waals surface area contributed by atoms with Gasteiger partial charge in [0, 0.05) is 6.54 Å². The lowest BCUT2D eigenvalue weighted by Gasteiger charge is -2.01. The first-order valence-electron chi connectivity index (χ1n) is 4.64. The van der Waals surface area contributed by atoms with Crippen LogP contribution in [-0.4, -0.2) is 11.8 Å². The van der Waals surface area contributed by atoms with E-state index in [2.05, 4.69) is 38.1 Å². The van der Waals surface area contributed by atoms with Gasteiger partial charge in [-0.2, -0.15) is 0 Å². The van der Waals surface area contributed by atoms with Crippen LogP contribution < -0.4 is 5.48 Å². The second-order valence-electron chi connectivity index (χ2n) is 3.08. The van der Waals surface area contributed by atoms with Crippen LogP contribution in [0.5, 0.6) is 0 Å². The maximum atomic E-state index is 7.62. The van der Waals surface area contributed by atoms with E-state index in [9.17, 15) is 0 Å². The maximum absolute atomic E-state index is 7.62. The van der Waals surface area contributed by atoms with Gasteiger partial charge in [0.25, 0.3) is 0 Å². The fraction of sp³-hybridized carbons (Fsp3) is 0.455. The third-order valence-electron chi connectivity index (χ3n) is 1.62. The second kappa shape index (κ2) is 7.77. The molecule has 1 aromatic rings. The third-order valence-corrected chi connectivity index (χ3v) is 1.62. The van der Waals surface area contributed by atoms with Gasteiger partial charge in [-0.15, -0.1) is 0 Å². The molecule has 0 aliphatic rings. The summed E-state index contributed by atoms with van der Waals surface area (Å²) < 4.78 is 0. The van der Waals surface area contributed by atoms with Gasteiger partial charge in [-0.05, 0) is 11.5 Å². The molecule has 0 aliphatic carbocycles. The molecular formula is C11H19NO. The van der Waals surface area contributed by atoms with Crippen LogP contribution >= 0.6 is 0 Å². The highest BCUT2D eigenvalue weighted by Crippen LogP contribution is 2.11. The van der Waals surface area contributed by atoms with Gasteiger partial charge in [0.15, 0.2) is 0 Å². The van der Waals surface area contributed by atoms with E-state index in [1.165, 1.54) is 5.56 Å². The van der Waals surface area contributed by atoms with E-state index in [0.29, 0.717) is 12.5 Å². The van der Waals surface area contributed by atoms with E-state index in [-0.39, 0.29) is 0 Å². The first-order chi connectivity index (χ1) is 6.22.